The van der Waals surface area contributed by atoms with Crippen LogP contribution in [0.15, 0.2) is 71.2 Å². The average Bonchev–Trinajstić information content (AvgIpc) is 2.79. The Labute approximate surface area is 184 Å². The summed E-state index contributed by atoms with van der Waals surface area (Å²) in [6, 6.07) is 21.3. The van der Waals surface area contributed by atoms with E-state index in [0.29, 0.717) is 18.0 Å². The van der Waals surface area contributed by atoms with Gasteiger partial charge in [-0.25, -0.2) is 4.79 Å². The van der Waals surface area contributed by atoms with E-state index in [0.717, 1.165) is 33.3 Å². The molecule has 3 aromatic rings. The van der Waals surface area contributed by atoms with E-state index in [9.17, 15) is 4.79 Å². The number of carbonyl (C=O) groups excluding carboxylic acids is 1. The Balaban J connectivity index is 1.74. The summed E-state index contributed by atoms with van der Waals surface area (Å²) in [5, 5.41) is 3.03. The van der Waals surface area contributed by atoms with Gasteiger partial charge in [0.1, 0.15) is 0 Å². The van der Waals surface area contributed by atoms with E-state index in [4.69, 9.17) is 9.47 Å². The Morgan fingerprint density at radius 1 is 1.00 bits per heavy atom. The Bertz CT molecular complexity index is 1040. The van der Waals surface area contributed by atoms with Crippen molar-refractivity contribution in [1.82, 2.24) is 4.90 Å². The fourth-order valence-electron chi connectivity index (χ4n) is 3.89. The van der Waals surface area contributed by atoms with Gasteiger partial charge in [-0.05, 0) is 59.5 Å². The van der Waals surface area contributed by atoms with E-state index in [-0.39, 0.29) is 12.1 Å². The van der Waals surface area contributed by atoms with Crippen LogP contribution < -0.4 is 14.8 Å². The number of halogens is 1. The third-order valence-corrected chi connectivity index (χ3v) is 5.87. The molecule has 3 aromatic carbocycles. The lowest BCUT2D eigenvalue weighted by Gasteiger charge is -2.38. The number of ether oxygens (including phenoxy) is 2. The molecule has 0 spiro atoms. The highest BCUT2D eigenvalue weighted by atomic mass is 79.9. The fraction of sp³-hybridized carbons (Fsp3) is 0.208. The first-order chi connectivity index (χ1) is 14.6. The second-order valence-corrected chi connectivity index (χ2v) is 8.02. The van der Waals surface area contributed by atoms with Gasteiger partial charge < -0.3 is 19.7 Å². The van der Waals surface area contributed by atoms with Crippen LogP contribution >= 0.6 is 15.9 Å². The number of anilines is 1. The average molecular weight is 467 g/mol. The van der Waals surface area contributed by atoms with Crippen molar-refractivity contribution in [2.24, 2.45) is 0 Å². The minimum atomic E-state index is -0.217. The van der Waals surface area contributed by atoms with Gasteiger partial charge >= 0.3 is 6.03 Å². The van der Waals surface area contributed by atoms with Crippen LogP contribution in [0.4, 0.5) is 10.5 Å². The van der Waals surface area contributed by atoms with Gasteiger partial charge in [-0.1, -0.05) is 46.3 Å². The summed E-state index contributed by atoms with van der Waals surface area (Å²) in [6.07, 6.45) is 0.743. The number of benzene rings is 3. The van der Waals surface area contributed by atoms with Crippen molar-refractivity contribution < 1.29 is 14.3 Å². The zero-order valence-electron chi connectivity index (χ0n) is 16.9. The smallest absolute Gasteiger partial charge is 0.322 e. The fourth-order valence-corrected chi connectivity index (χ4v) is 4.15. The molecule has 1 N–H and O–H groups in total. The molecular weight excluding hydrogens is 444 g/mol. The molecule has 6 heteroatoms. The number of rotatable bonds is 4. The Hall–Kier alpha value is -2.99. The predicted octanol–water partition coefficient (Wildman–Crippen LogP) is 5.65. The lowest BCUT2D eigenvalue weighted by molar-refractivity contribution is 0.193. The lowest BCUT2D eigenvalue weighted by atomic mass is 9.88. The zero-order chi connectivity index (χ0) is 21.1. The van der Waals surface area contributed by atoms with Gasteiger partial charge in [0.25, 0.3) is 0 Å². The van der Waals surface area contributed by atoms with Gasteiger partial charge in [0.2, 0.25) is 0 Å². The van der Waals surface area contributed by atoms with Crippen LogP contribution in [0.3, 0.4) is 0 Å². The van der Waals surface area contributed by atoms with Crippen molar-refractivity contribution in [3.63, 3.8) is 0 Å². The third kappa shape index (κ3) is 4.00. The van der Waals surface area contributed by atoms with Crippen LogP contribution in [-0.2, 0) is 6.42 Å². The molecule has 154 valence electrons. The molecule has 5 nitrogen and oxygen atoms in total. The molecule has 0 bridgehead atoms. The number of hydrogen-bond acceptors (Lipinski definition) is 3. The molecule has 0 aromatic heterocycles. The van der Waals surface area contributed by atoms with E-state index >= 15 is 0 Å². The number of nitrogens with zero attached hydrogens (tertiary/aromatic N) is 1. The van der Waals surface area contributed by atoms with Crippen LogP contribution in [0.25, 0.3) is 0 Å². The van der Waals surface area contributed by atoms with E-state index in [1.54, 1.807) is 14.2 Å². The summed E-state index contributed by atoms with van der Waals surface area (Å²) in [7, 11) is 3.27. The summed E-state index contributed by atoms with van der Waals surface area (Å²) in [5.41, 5.74) is 4.02. The molecule has 1 atom stereocenters. The molecule has 1 heterocycles. The van der Waals surface area contributed by atoms with E-state index in [1.165, 1.54) is 0 Å². The van der Waals surface area contributed by atoms with Gasteiger partial charge in [-0.3, -0.25) is 0 Å². The molecule has 0 fully saturated rings. The van der Waals surface area contributed by atoms with Gasteiger partial charge in [0.05, 0.1) is 20.3 Å². The summed E-state index contributed by atoms with van der Waals surface area (Å²) < 4.78 is 12.0. The van der Waals surface area contributed by atoms with Crippen molar-refractivity contribution >= 4 is 27.6 Å². The van der Waals surface area contributed by atoms with Crippen molar-refractivity contribution in [1.29, 1.82) is 0 Å². The van der Waals surface area contributed by atoms with Crippen molar-refractivity contribution in [2.45, 2.75) is 12.5 Å². The van der Waals surface area contributed by atoms with Gasteiger partial charge in [0, 0.05) is 16.7 Å². The highest BCUT2D eigenvalue weighted by Crippen LogP contribution is 2.41. The van der Waals surface area contributed by atoms with Gasteiger partial charge in [-0.15, -0.1) is 0 Å². The Kier molecular flexibility index (Phi) is 5.95. The summed E-state index contributed by atoms with van der Waals surface area (Å²) in [5.74, 6) is 1.36. The second-order valence-electron chi connectivity index (χ2n) is 7.10. The second kappa shape index (κ2) is 8.79. The third-order valence-electron chi connectivity index (χ3n) is 5.35. The maximum absolute atomic E-state index is 13.3. The SMILES string of the molecule is COc1cc2c(cc1OC)C(c1ccccc1)N(C(=O)Nc1ccc(Br)cc1)CC2. The summed E-state index contributed by atoms with van der Waals surface area (Å²) in [4.78, 5) is 15.2. The summed E-state index contributed by atoms with van der Waals surface area (Å²) in [6.45, 7) is 0.602. The molecule has 1 aliphatic heterocycles. The predicted molar refractivity (Wildman–Crippen MR) is 121 cm³/mol. The quantitative estimate of drug-likeness (QED) is 0.540. The molecular formula is C24H23BrN2O3. The number of methoxy groups -OCH3 is 2. The Morgan fingerprint density at radius 2 is 1.67 bits per heavy atom. The number of nitrogens with one attached hydrogen (secondary N) is 1. The zero-order valence-corrected chi connectivity index (χ0v) is 18.5. The van der Waals surface area contributed by atoms with Crippen LogP contribution in [0.2, 0.25) is 0 Å². The number of fused-ring (bicyclic) bond motifs is 1. The standard InChI is InChI=1S/C24H23BrN2O3/c1-29-21-14-17-12-13-27(24(28)26-19-10-8-18(25)9-11-19)23(16-6-4-3-5-7-16)20(17)15-22(21)30-2/h3-11,14-15,23H,12-13H2,1-2H3,(H,26,28). The highest BCUT2D eigenvalue weighted by Gasteiger charge is 2.33. The van der Waals surface area contributed by atoms with Crippen LogP contribution in [-0.4, -0.2) is 31.7 Å². The molecule has 1 aliphatic rings. The first kappa shape index (κ1) is 20.3. The largest absolute Gasteiger partial charge is 0.493 e. The molecule has 2 amide bonds. The first-order valence-electron chi connectivity index (χ1n) is 9.73. The van der Waals surface area contributed by atoms with Crippen molar-refractivity contribution in [3.05, 3.63) is 87.9 Å². The summed E-state index contributed by atoms with van der Waals surface area (Å²) >= 11 is 3.43. The van der Waals surface area contributed by atoms with Crippen LogP contribution in [0.5, 0.6) is 11.5 Å². The van der Waals surface area contributed by atoms with Gasteiger partial charge in [0.15, 0.2) is 11.5 Å². The number of hydrogen-bond donors (Lipinski definition) is 1. The molecule has 30 heavy (non-hydrogen) atoms. The van der Waals surface area contributed by atoms with E-state index < -0.39 is 0 Å². The molecule has 0 saturated carbocycles. The molecule has 0 aliphatic carbocycles. The maximum atomic E-state index is 13.3. The van der Waals surface area contributed by atoms with Crippen molar-refractivity contribution in [3.8, 4) is 11.5 Å². The Morgan fingerprint density at radius 3 is 2.33 bits per heavy atom. The van der Waals surface area contributed by atoms with Crippen LogP contribution in [0.1, 0.15) is 22.7 Å². The van der Waals surface area contributed by atoms with Crippen molar-refractivity contribution in [2.75, 3.05) is 26.1 Å². The topological polar surface area (TPSA) is 50.8 Å². The molecule has 0 saturated heterocycles. The monoisotopic (exact) mass is 466 g/mol. The normalized spacial score (nSPS) is 15.3. The highest BCUT2D eigenvalue weighted by molar-refractivity contribution is 9.10. The van der Waals surface area contributed by atoms with Gasteiger partial charge in [-0.2, -0.15) is 0 Å². The minimum absolute atomic E-state index is 0.133. The first-order valence-corrected chi connectivity index (χ1v) is 10.5. The number of amides is 2. The van der Waals surface area contributed by atoms with Crippen LogP contribution in [0, 0.1) is 0 Å². The maximum Gasteiger partial charge on any atom is 0.322 e. The molecule has 4 rings (SSSR count). The molecule has 0 radical (unpaired) electrons. The number of carbonyl (C=O) groups is 1. The van der Waals surface area contributed by atoms with E-state index in [1.807, 2.05) is 59.5 Å². The molecule has 1 unspecified atom stereocenters. The lowest BCUT2D eigenvalue weighted by Crippen LogP contribution is -2.43. The minimum Gasteiger partial charge on any atom is -0.493 e. The van der Waals surface area contributed by atoms with E-state index in [2.05, 4.69) is 33.4 Å². The number of urea groups is 1.